The molecule has 0 bridgehead atoms. The number of carbonyl (C=O) groups excluding carboxylic acids is 2. The number of nitrogens with one attached hydrogen (secondary N) is 1. The number of allylic oxidation sites excluding steroid dienone is 2. The molecule has 3 aromatic rings. The SMILES string of the molecule is COC(=O)C1=C(C)NC(C)=C(C(=O)OC/C=C/c2ccc(-n3ccnc3)cc2)C1c1cccc([N+](=O)[O-])c1. The van der Waals surface area contributed by atoms with E-state index in [1.807, 2.05) is 41.1 Å². The van der Waals surface area contributed by atoms with Crippen LogP contribution in [0, 0.1) is 10.1 Å². The van der Waals surface area contributed by atoms with Gasteiger partial charge < -0.3 is 19.4 Å². The molecule has 4 rings (SSSR count). The van der Waals surface area contributed by atoms with E-state index in [9.17, 15) is 19.7 Å². The number of benzene rings is 2. The number of methoxy groups -OCH3 is 1. The Labute approximate surface area is 219 Å². The van der Waals surface area contributed by atoms with E-state index in [1.165, 1.54) is 25.3 Å². The minimum Gasteiger partial charge on any atom is -0.466 e. The molecule has 0 saturated heterocycles. The fourth-order valence-electron chi connectivity index (χ4n) is 4.35. The maximum atomic E-state index is 13.3. The average Bonchev–Trinajstić information content (AvgIpc) is 3.46. The molecule has 1 N–H and O–H groups in total. The van der Waals surface area contributed by atoms with Gasteiger partial charge in [-0.1, -0.05) is 30.3 Å². The Morgan fingerprint density at radius 1 is 1.11 bits per heavy atom. The Hall–Kier alpha value is -4.99. The summed E-state index contributed by atoms with van der Waals surface area (Å²) < 4.78 is 12.4. The van der Waals surface area contributed by atoms with Crippen LogP contribution in [0.2, 0.25) is 0 Å². The number of non-ortho nitro benzene ring substituents is 1. The molecule has 0 radical (unpaired) electrons. The Balaban J connectivity index is 1.55. The smallest absolute Gasteiger partial charge is 0.337 e. The highest BCUT2D eigenvalue weighted by Crippen LogP contribution is 2.40. The number of hydrogen-bond donors (Lipinski definition) is 1. The molecule has 1 aromatic heterocycles. The van der Waals surface area contributed by atoms with E-state index in [-0.39, 0.29) is 23.4 Å². The van der Waals surface area contributed by atoms with E-state index in [2.05, 4.69) is 10.3 Å². The summed E-state index contributed by atoms with van der Waals surface area (Å²) in [4.78, 5) is 40.9. The average molecular weight is 515 g/mol. The molecule has 38 heavy (non-hydrogen) atoms. The molecule has 2 heterocycles. The van der Waals surface area contributed by atoms with Crippen molar-refractivity contribution in [2.45, 2.75) is 19.8 Å². The predicted molar refractivity (Wildman–Crippen MR) is 140 cm³/mol. The second kappa shape index (κ2) is 11.4. The molecule has 1 aliphatic heterocycles. The summed E-state index contributed by atoms with van der Waals surface area (Å²) in [7, 11) is 1.24. The largest absolute Gasteiger partial charge is 0.466 e. The van der Waals surface area contributed by atoms with Gasteiger partial charge in [0.25, 0.3) is 5.69 Å². The van der Waals surface area contributed by atoms with Gasteiger partial charge >= 0.3 is 11.9 Å². The lowest BCUT2D eigenvalue weighted by Gasteiger charge is -2.30. The molecular weight excluding hydrogens is 488 g/mol. The van der Waals surface area contributed by atoms with Crippen LogP contribution in [-0.4, -0.2) is 40.1 Å². The van der Waals surface area contributed by atoms with Crippen LogP contribution in [-0.2, 0) is 19.1 Å². The van der Waals surface area contributed by atoms with E-state index in [0.29, 0.717) is 17.0 Å². The quantitative estimate of drug-likeness (QED) is 0.266. The zero-order valence-electron chi connectivity index (χ0n) is 21.1. The molecule has 0 aliphatic carbocycles. The molecular formula is C28H26N4O6. The van der Waals surface area contributed by atoms with Crippen LogP contribution < -0.4 is 5.32 Å². The summed E-state index contributed by atoms with van der Waals surface area (Å²) in [5.41, 5.74) is 3.46. The third-order valence-corrected chi connectivity index (χ3v) is 6.12. The summed E-state index contributed by atoms with van der Waals surface area (Å²) in [5.74, 6) is -2.21. The van der Waals surface area contributed by atoms with Crippen LogP contribution in [0.3, 0.4) is 0 Å². The van der Waals surface area contributed by atoms with Crippen LogP contribution in [0.15, 0.2) is 95.9 Å². The minimum atomic E-state index is -0.907. The predicted octanol–water partition coefficient (Wildman–Crippen LogP) is 4.44. The normalized spacial score (nSPS) is 15.4. The van der Waals surface area contributed by atoms with Gasteiger partial charge in [0.2, 0.25) is 0 Å². The van der Waals surface area contributed by atoms with Crippen molar-refractivity contribution in [3.05, 3.63) is 117 Å². The number of rotatable bonds is 8. The van der Waals surface area contributed by atoms with Crippen molar-refractivity contribution >= 4 is 23.7 Å². The Kier molecular flexibility index (Phi) is 7.81. The summed E-state index contributed by atoms with van der Waals surface area (Å²) in [6, 6.07) is 13.6. The van der Waals surface area contributed by atoms with Crippen molar-refractivity contribution in [2.75, 3.05) is 13.7 Å². The number of esters is 2. The fourth-order valence-corrected chi connectivity index (χ4v) is 4.35. The van der Waals surface area contributed by atoms with Gasteiger partial charge in [-0.3, -0.25) is 10.1 Å². The molecule has 0 saturated carbocycles. The van der Waals surface area contributed by atoms with Gasteiger partial charge in [-0.25, -0.2) is 14.6 Å². The zero-order chi connectivity index (χ0) is 27.2. The first-order valence-electron chi connectivity index (χ1n) is 11.7. The second-order valence-electron chi connectivity index (χ2n) is 8.54. The number of hydrogen-bond acceptors (Lipinski definition) is 8. The lowest BCUT2D eigenvalue weighted by atomic mass is 9.80. The van der Waals surface area contributed by atoms with E-state index in [1.54, 1.807) is 38.5 Å². The highest BCUT2D eigenvalue weighted by molar-refractivity contribution is 6.00. The number of dihydropyridines is 1. The third kappa shape index (κ3) is 5.54. The van der Waals surface area contributed by atoms with Gasteiger partial charge in [-0.15, -0.1) is 0 Å². The number of nitro groups is 1. The highest BCUT2D eigenvalue weighted by atomic mass is 16.6. The van der Waals surface area contributed by atoms with Crippen molar-refractivity contribution in [2.24, 2.45) is 0 Å². The second-order valence-corrected chi connectivity index (χ2v) is 8.54. The Morgan fingerprint density at radius 2 is 1.82 bits per heavy atom. The number of ether oxygens (including phenoxy) is 2. The summed E-state index contributed by atoms with van der Waals surface area (Å²) in [6.07, 6.45) is 8.80. The third-order valence-electron chi connectivity index (χ3n) is 6.12. The number of imidazole rings is 1. The van der Waals surface area contributed by atoms with Gasteiger partial charge in [0.05, 0.1) is 35.4 Å². The van der Waals surface area contributed by atoms with E-state index in [4.69, 9.17) is 9.47 Å². The summed E-state index contributed by atoms with van der Waals surface area (Å²) in [6.45, 7) is 3.36. The lowest BCUT2D eigenvalue weighted by Crippen LogP contribution is -2.32. The Bertz CT molecular complexity index is 1450. The molecule has 194 valence electrons. The van der Waals surface area contributed by atoms with Gasteiger partial charge in [0.15, 0.2) is 0 Å². The van der Waals surface area contributed by atoms with E-state index >= 15 is 0 Å². The van der Waals surface area contributed by atoms with Crippen LogP contribution in [0.4, 0.5) is 5.69 Å². The maximum Gasteiger partial charge on any atom is 0.337 e. The van der Waals surface area contributed by atoms with Crippen molar-refractivity contribution < 1.29 is 24.0 Å². The molecule has 0 amide bonds. The monoisotopic (exact) mass is 514 g/mol. The molecule has 2 aromatic carbocycles. The molecule has 1 unspecified atom stereocenters. The van der Waals surface area contributed by atoms with Crippen molar-refractivity contribution in [1.29, 1.82) is 0 Å². The van der Waals surface area contributed by atoms with E-state index < -0.39 is 22.8 Å². The van der Waals surface area contributed by atoms with Gasteiger partial charge in [-0.2, -0.15) is 0 Å². The zero-order valence-corrected chi connectivity index (χ0v) is 21.1. The number of nitro benzene ring substituents is 1. The summed E-state index contributed by atoms with van der Waals surface area (Å²) in [5, 5.41) is 14.4. The van der Waals surface area contributed by atoms with Gasteiger partial charge in [-0.05, 0) is 43.2 Å². The van der Waals surface area contributed by atoms with Crippen LogP contribution in [0.5, 0.6) is 0 Å². The number of nitrogens with zero attached hydrogens (tertiary/aromatic N) is 3. The van der Waals surface area contributed by atoms with Crippen LogP contribution in [0.25, 0.3) is 11.8 Å². The first-order chi connectivity index (χ1) is 18.3. The van der Waals surface area contributed by atoms with Crippen molar-refractivity contribution in [1.82, 2.24) is 14.9 Å². The topological polar surface area (TPSA) is 126 Å². The van der Waals surface area contributed by atoms with Crippen LogP contribution >= 0.6 is 0 Å². The maximum absolute atomic E-state index is 13.3. The number of aromatic nitrogens is 2. The van der Waals surface area contributed by atoms with Gasteiger partial charge in [0, 0.05) is 41.6 Å². The minimum absolute atomic E-state index is 0.0171. The molecule has 10 nitrogen and oxygen atoms in total. The van der Waals surface area contributed by atoms with Crippen LogP contribution in [0.1, 0.15) is 30.9 Å². The standard InChI is InChI=1S/C28H26N4O6/c1-18-24(27(33)37-3)26(21-7-4-8-23(16-21)32(35)36)25(19(2)30-18)28(34)38-15-5-6-20-9-11-22(12-10-20)31-14-13-29-17-31/h4-14,16-17,26,30H,15H2,1-3H3/b6-5+. The van der Waals surface area contributed by atoms with Gasteiger partial charge in [0.1, 0.15) is 6.61 Å². The first kappa shape index (κ1) is 26.1. The molecule has 10 heteroatoms. The van der Waals surface area contributed by atoms with Crippen molar-refractivity contribution in [3.8, 4) is 5.69 Å². The molecule has 1 atom stereocenters. The summed E-state index contributed by atoms with van der Waals surface area (Å²) >= 11 is 0. The van der Waals surface area contributed by atoms with E-state index in [0.717, 1.165) is 11.3 Å². The highest BCUT2D eigenvalue weighted by Gasteiger charge is 2.38. The molecule has 1 aliphatic rings. The molecule has 0 fully saturated rings. The fraction of sp³-hybridized carbons (Fsp3) is 0.179. The van der Waals surface area contributed by atoms with Crippen molar-refractivity contribution in [3.63, 3.8) is 0 Å². The Morgan fingerprint density at radius 3 is 2.45 bits per heavy atom. The lowest BCUT2D eigenvalue weighted by molar-refractivity contribution is -0.384. The first-order valence-corrected chi connectivity index (χ1v) is 11.7. The molecule has 0 spiro atoms. The number of carbonyl (C=O) groups is 2.